The molecule has 0 saturated heterocycles. The Bertz CT molecular complexity index is 440. The first-order chi connectivity index (χ1) is 8.70. The van der Waals surface area contributed by atoms with Crippen LogP contribution in [-0.2, 0) is 11.2 Å². The number of nitrogens with one attached hydrogen (secondary N) is 1. The molecule has 3 nitrogen and oxygen atoms in total. The van der Waals surface area contributed by atoms with Crippen LogP contribution < -0.4 is 11.1 Å². The molecule has 96 valence electrons. The molecule has 3 heteroatoms. The van der Waals surface area contributed by atoms with Gasteiger partial charge >= 0.3 is 0 Å². The molecule has 0 spiro atoms. The summed E-state index contributed by atoms with van der Waals surface area (Å²) in [5.74, 6) is 1.56. The maximum Gasteiger partial charge on any atom is 0.221 e. The van der Waals surface area contributed by atoms with E-state index in [1.165, 1.54) is 31.4 Å². The van der Waals surface area contributed by atoms with E-state index in [2.05, 4.69) is 17.4 Å². The molecule has 0 heterocycles. The Morgan fingerprint density at radius 3 is 2.56 bits per heavy atom. The Hall–Kier alpha value is -1.51. The van der Waals surface area contributed by atoms with Crippen molar-refractivity contribution < 1.29 is 4.79 Å². The number of anilines is 1. The summed E-state index contributed by atoms with van der Waals surface area (Å²) in [7, 11) is 0. The van der Waals surface area contributed by atoms with Crippen molar-refractivity contribution in [2.24, 2.45) is 17.6 Å². The Morgan fingerprint density at radius 2 is 2.00 bits per heavy atom. The molecule has 2 fully saturated rings. The number of carbonyl (C=O) groups is 1. The van der Waals surface area contributed by atoms with Crippen LogP contribution in [0.25, 0.3) is 0 Å². The molecule has 0 aromatic heterocycles. The third-order valence-electron chi connectivity index (χ3n) is 4.42. The van der Waals surface area contributed by atoms with Crippen molar-refractivity contribution in [2.45, 2.75) is 38.1 Å². The van der Waals surface area contributed by atoms with Crippen LogP contribution in [-0.4, -0.2) is 11.9 Å². The lowest BCUT2D eigenvalue weighted by molar-refractivity contribution is -0.117. The first kappa shape index (κ1) is 11.6. The SMILES string of the molecule is NC(=O)Cc1ccc(NC2CC3CCC2C3)cc1. The first-order valence-corrected chi connectivity index (χ1v) is 6.84. The lowest BCUT2D eigenvalue weighted by Gasteiger charge is -2.24. The standard InChI is InChI=1S/C15H20N2O/c16-15(18)9-10-2-5-13(6-3-10)17-14-8-11-1-4-12(14)7-11/h2-3,5-6,11-12,14,17H,1,4,7-9H2,(H2,16,18). The first-order valence-electron chi connectivity index (χ1n) is 6.84. The highest BCUT2D eigenvalue weighted by molar-refractivity contribution is 5.76. The molecule has 0 radical (unpaired) electrons. The van der Waals surface area contributed by atoms with Crippen LogP contribution in [0.2, 0.25) is 0 Å². The molecule has 2 aliphatic rings. The summed E-state index contributed by atoms with van der Waals surface area (Å²) < 4.78 is 0. The van der Waals surface area contributed by atoms with Gasteiger partial charge in [0.15, 0.2) is 0 Å². The Balaban J connectivity index is 1.61. The van der Waals surface area contributed by atoms with Gasteiger partial charge in [-0.05, 0) is 48.8 Å². The average Bonchev–Trinajstić information content (AvgIpc) is 2.93. The van der Waals surface area contributed by atoms with Gasteiger partial charge in [-0.3, -0.25) is 4.79 Å². The van der Waals surface area contributed by atoms with E-state index in [4.69, 9.17) is 5.73 Å². The molecule has 3 atom stereocenters. The number of nitrogens with two attached hydrogens (primary N) is 1. The van der Waals surface area contributed by atoms with Crippen molar-refractivity contribution in [3.63, 3.8) is 0 Å². The molecule has 1 amide bonds. The van der Waals surface area contributed by atoms with Gasteiger partial charge in [-0.25, -0.2) is 0 Å². The summed E-state index contributed by atoms with van der Waals surface area (Å²) in [6.07, 6.45) is 5.89. The van der Waals surface area contributed by atoms with Gasteiger partial charge in [0.25, 0.3) is 0 Å². The number of fused-ring (bicyclic) bond motifs is 2. The third kappa shape index (κ3) is 2.35. The van der Waals surface area contributed by atoms with E-state index in [0.29, 0.717) is 12.5 Å². The van der Waals surface area contributed by atoms with Crippen molar-refractivity contribution in [1.82, 2.24) is 0 Å². The average molecular weight is 244 g/mol. The van der Waals surface area contributed by atoms with Gasteiger partial charge < -0.3 is 11.1 Å². The van der Waals surface area contributed by atoms with Crippen molar-refractivity contribution in [3.05, 3.63) is 29.8 Å². The van der Waals surface area contributed by atoms with E-state index in [1.807, 2.05) is 12.1 Å². The second-order valence-electron chi connectivity index (χ2n) is 5.77. The van der Waals surface area contributed by atoms with E-state index in [9.17, 15) is 4.79 Å². The zero-order valence-electron chi connectivity index (χ0n) is 10.6. The lowest BCUT2D eigenvalue weighted by Crippen LogP contribution is -2.25. The fraction of sp³-hybridized carbons (Fsp3) is 0.533. The molecule has 0 aliphatic heterocycles. The monoisotopic (exact) mass is 244 g/mol. The summed E-state index contributed by atoms with van der Waals surface area (Å²) >= 11 is 0. The van der Waals surface area contributed by atoms with Gasteiger partial charge in [0.1, 0.15) is 0 Å². The Labute approximate surface area is 108 Å². The van der Waals surface area contributed by atoms with Crippen LogP contribution in [0.15, 0.2) is 24.3 Å². The number of hydrogen-bond donors (Lipinski definition) is 2. The second-order valence-corrected chi connectivity index (χ2v) is 5.77. The van der Waals surface area contributed by atoms with E-state index >= 15 is 0 Å². The Kier molecular flexibility index (Phi) is 2.98. The minimum absolute atomic E-state index is 0.274. The zero-order valence-corrected chi connectivity index (χ0v) is 10.6. The molecule has 3 N–H and O–H groups in total. The molecule has 18 heavy (non-hydrogen) atoms. The predicted molar refractivity (Wildman–Crippen MR) is 72.2 cm³/mol. The van der Waals surface area contributed by atoms with Gasteiger partial charge in [0.2, 0.25) is 5.91 Å². The smallest absolute Gasteiger partial charge is 0.221 e. The van der Waals surface area contributed by atoms with Crippen LogP contribution in [0.1, 0.15) is 31.2 Å². The molecular formula is C15H20N2O. The fourth-order valence-corrected chi connectivity index (χ4v) is 3.56. The maximum atomic E-state index is 10.8. The summed E-state index contributed by atoms with van der Waals surface area (Å²) in [6, 6.07) is 8.75. The minimum Gasteiger partial charge on any atom is -0.382 e. The number of amides is 1. The topological polar surface area (TPSA) is 55.1 Å². The predicted octanol–water partition coefficient (Wildman–Crippen LogP) is 2.31. The van der Waals surface area contributed by atoms with E-state index in [1.54, 1.807) is 0 Å². The minimum atomic E-state index is -0.274. The summed E-state index contributed by atoms with van der Waals surface area (Å²) in [4.78, 5) is 10.8. The summed E-state index contributed by atoms with van der Waals surface area (Å²) in [5.41, 5.74) is 7.34. The normalized spacial score (nSPS) is 29.4. The van der Waals surface area contributed by atoms with E-state index in [-0.39, 0.29) is 5.91 Å². The molecule has 1 aromatic carbocycles. The molecular weight excluding hydrogens is 224 g/mol. The van der Waals surface area contributed by atoms with Crippen LogP contribution in [0.4, 0.5) is 5.69 Å². The van der Waals surface area contributed by atoms with E-state index in [0.717, 1.165) is 17.4 Å². The fourth-order valence-electron chi connectivity index (χ4n) is 3.56. The van der Waals surface area contributed by atoms with Crippen LogP contribution in [0, 0.1) is 11.8 Å². The molecule has 1 aromatic rings. The van der Waals surface area contributed by atoms with Crippen LogP contribution >= 0.6 is 0 Å². The van der Waals surface area contributed by atoms with Crippen molar-refractivity contribution in [1.29, 1.82) is 0 Å². The largest absolute Gasteiger partial charge is 0.382 e. The highest BCUT2D eigenvalue weighted by Crippen LogP contribution is 2.45. The second kappa shape index (κ2) is 4.63. The number of primary amides is 1. The molecule has 3 unspecified atom stereocenters. The van der Waals surface area contributed by atoms with Crippen LogP contribution in [0.5, 0.6) is 0 Å². The molecule has 3 rings (SSSR count). The molecule has 2 bridgehead atoms. The molecule has 2 saturated carbocycles. The number of benzene rings is 1. The van der Waals surface area contributed by atoms with Crippen LogP contribution in [0.3, 0.4) is 0 Å². The highest BCUT2D eigenvalue weighted by Gasteiger charge is 2.39. The van der Waals surface area contributed by atoms with Gasteiger partial charge in [-0.1, -0.05) is 18.6 Å². The third-order valence-corrected chi connectivity index (χ3v) is 4.42. The van der Waals surface area contributed by atoms with Crippen molar-refractivity contribution in [3.8, 4) is 0 Å². The lowest BCUT2D eigenvalue weighted by atomic mass is 9.95. The van der Waals surface area contributed by atoms with Gasteiger partial charge in [0.05, 0.1) is 6.42 Å². The van der Waals surface area contributed by atoms with Gasteiger partial charge in [0, 0.05) is 11.7 Å². The van der Waals surface area contributed by atoms with Gasteiger partial charge in [-0.15, -0.1) is 0 Å². The van der Waals surface area contributed by atoms with Crippen molar-refractivity contribution in [2.75, 3.05) is 5.32 Å². The van der Waals surface area contributed by atoms with Crippen molar-refractivity contribution >= 4 is 11.6 Å². The number of hydrogen-bond acceptors (Lipinski definition) is 2. The van der Waals surface area contributed by atoms with E-state index < -0.39 is 0 Å². The zero-order chi connectivity index (χ0) is 12.5. The molecule has 2 aliphatic carbocycles. The quantitative estimate of drug-likeness (QED) is 0.854. The summed E-state index contributed by atoms with van der Waals surface area (Å²) in [6.45, 7) is 0. The number of carbonyl (C=O) groups excluding carboxylic acids is 1. The Morgan fingerprint density at radius 1 is 1.22 bits per heavy atom. The number of rotatable bonds is 4. The summed E-state index contributed by atoms with van der Waals surface area (Å²) in [5, 5.41) is 3.64. The van der Waals surface area contributed by atoms with Gasteiger partial charge in [-0.2, -0.15) is 0 Å². The highest BCUT2D eigenvalue weighted by atomic mass is 16.1. The maximum absolute atomic E-state index is 10.8.